The Morgan fingerprint density at radius 3 is 3.12 bits per heavy atom. The lowest BCUT2D eigenvalue weighted by atomic mass is 10.7. The molecule has 0 saturated heterocycles. The second-order valence-corrected chi connectivity index (χ2v) is 1.03. The van der Waals surface area contributed by atoms with Crippen LogP contribution in [0.4, 0.5) is 0 Å². The maximum atomic E-state index is 3.73. The van der Waals surface area contributed by atoms with Gasteiger partial charge in [0, 0.05) is 12.4 Å². The minimum Gasteiger partial charge on any atom is -0.268 e. The Kier molecular flexibility index (Phi) is 3.88. The molecule has 1 heterocycles. The van der Waals surface area contributed by atoms with Crippen molar-refractivity contribution in [3.8, 4) is 0 Å². The van der Waals surface area contributed by atoms with Gasteiger partial charge in [-0.3, -0.25) is 5.43 Å². The predicted molar refractivity (Wildman–Crippen MR) is 36.5 cm³/mol. The van der Waals surface area contributed by atoms with Crippen LogP contribution in [-0.2, 0) is 0 Å². The van der Waals surface area contributed by atoms with Gasteiger partial charge in [-0.05, 0) is 6.08 Å². The first kappa shape index (κ1) is 7.17. The quantitative estimate of drug-likeness (QED) is 0.512. The molecule has 8 heavy (non-hydrogen) atoms. The molecule has 4 heteroatoms. The van der Waals surface area contributed by atoms with Crippen molar-refractivity contribution in [3.63, 3.8) is 0 Å². The summed E-state index contributed by atoms with van der Waals surface area (Å²) in [5.41, 5.74) is 2.56. The van der Waals surface area contributed by atoms with E-state index in [1.54, 1.807) is 18.5 Å². The number of halogens is 1. The fraction of sp³-hybridized carbons (Fsp3) is 0. The average Bonchev–Trinajstić information content (AvgIpc) is 1.90. The minimum atomic E-state index is 0. The standard InChI is InChI=1S/C4H5N3.ClH/c1-2-5-4-7-6-3-1;/h1-4H,(H,5,7);1H. The third kappa shape index (κ3) is 2.36. The lowest BCUT2D eigenvalue weighted by Gasteiger charge is -1.77. The molecule has 0 aromatic carbocycles. The van der Waals surface area contributed by atoms with Crippen LogP contribution in [0.5, 0.6) is 0 Å². The number of rotatable bonds is 0. The molecular weight excluding hydrogens is 126 g/mol. The first-order chi connectivity index (χ1) is 3.50. The Morgan fingerprint density at radius 2 is 2.25 bits per heavy atom. The molecule has 1 aliphatic heterocycles. The molecule has 1 aliphatic rings. The van der Waals surface area contributed by atoms with Crippen LogP contribution < -0.4 is 5.43 Å². The zero-order chi connectivity index (χ0) is 4.95. The summed E-state index contributed by atoms with van der Waals surface area (Å²) in [5, 5.41) is 3.66. The van der Waals surface area contributed by atoms with E-state index >= 15 is 0 Å². The normalized spacial score (nSPS) is 14.0. The van der Waals surface area contributed by atoms with Crippen LogP contribution in [0.25, 0.3) is 0 Å². The minimum absolute atomic E-state index is 0. The second-order valence-electron chi connectivity index (χ2n) is 1.03. The highest BCUT2D eigenvalue weighted by Gasteiger charge is 1.68. The molecular formula is C4H6ClN3. The van der Waals surface area contributed by atoms with E-state index in [4.69, 9.17) is 0 Å². The SMILES string of the molecule is C1=CN=CNN=C1.Cl. The lowest BCUT2D eigenvalue weighted by molar-refractivity contribution is 1.07. The van der Waals surface area contributed by atoms with Gasteiger partial charge in [0.2, 0.25) is 0 Å². The summed E-state index contributed by atoms with van der Waals surface area (Å²) in [7, 11) is 0. The molecule has 0 aromatic rings. The van der Waals surface area contributed by atoms with Gasteiger partial charge in [0.05, 0.1) is 0 Å². The Labute approximate surface area is 53.6 Å². The number of aliphatic imine (C=N–C) groups is 1. The summed E-state index contributed by atoms with van der Waals surface area (Å²) in [6.45, 7) is 0. The number of hydrogen-bond acceptors (Lipinski definition) is 3. The highest BCUT2D eigenvalue weighted by molar-refractivity contribution is 5.85. The summed E-state index contributed by atoms with van der Waals surface area (Å²) in [5.74, 6) is 0. The topological polar surface area (TPSA) is 36.8 Å². The van der Waals surface area contributed by atoms with E-state index < -0.39 is 0 Å². The largest absolute Gasteiger partial charge is 0.268 e. The zero-order valence-corrected chi connectivity index (χ0v) is 4.93. The van der Waals surface area contributed by atoms with E-state index in [-0.39, 0.29) is 12.4 Å². The number of nitrogens with one attached hydrogen (secondary N) is 1. The Morgan fingerprint density at radius 1 is 1.38 bits per heavy atom. The number of hydrogen-bond donors (Lipinski definition) is 1. The molecule has 0 fully saturated rings. The van der Waals surface area contributed by atoms with E-state index in [2.05, 4.69) is 15.5 Å². The monoisotopic (exact) mass is 131 g/mol. The highest BCUT2D eigenvalue weighted by atomic mass is 35.5. The first-order valence-corrected chi connectivity index (χ1v) is 1.95. The molecule has 0 aromatic heterocycles. The van der Waals surface area contributed by atoms with Crippen LogP contribution in [0.1, 0.15) is 0 Å². The molecule has 0 atom stereocenters. The van der Waals surface area contributed by atoms with Crippen molar-refractivity contribution < 1.29 is 0 Å². The maximum absolute atomic E-state index is 3.73. The Bertz CT molecular complexity index is 113. The zero-order valence-electron chi connectivity index (χ0n) is 4.11. The van der Waals surface area contributed by atoms with Crippen LogP contribution in [0.3, 0.4) is 0 Å². The molecule has 1 N–H and O–H groups in total. The molecule has 0 aliphatic carbocycles. The van der Waals surface area contributed by atoms with Crippen molar-refractivity contribution in [2.75, 3.05) is 0 Å². The number of nitrogens with zero attached hydrogens (tertiary/aromatic N) is 2. The summed E-state index contributed by atoms with van der Waals surface area (Å²) in [4.78, 5) is 3.73. The van der Waals surface area contributed by atoms with Gasteiger partial charge in [-0.15, -0.1) is 12.4 Å². The summed E-state index contributed by atoms with van der Waals surface area (Å²) in [6.07, 6.45) is 6.55. The van der Waals surface area contributed by atoms with Crippen molar-refractivity contribution in [1.29, 1.82) is 0 Å². The lowest BCUT2D eigenvalue weighted by Crippen LogP contribution is -1.97. The van der Waals surface area contributed by atoms with Crippen LogP contribution in [0, 0.1) is 0 Å². The predicted octanol–water partition coefficient (Wildman–Crippen LogP) is 0.539. The van der Waals surface area contributed by atoms with Crippen LogP contribution in [-0.4, -0.2) is 12.6 Å². The molecule has 1 rings (SSSR count). The molecule has 0 unspecified atom stereocenters. The molecule has 0 spiro atoms. The van der Waals surface area contributed by atoms with Gasteiger partial charge in [0.15, 0.2) is 0 Å². The van der Waals surface area contributed by atoms with Crippen molar-refractivity contribution in [2.24, 2.45) is 10.1 Å². The van der Waals surface area contributed by atoms with Gasteiger partial charge >= 0.3 is 0 Å². The van der Waals surface area contributed by atoms with Gasteiger partial charge in [0.25, 0.3) is 0 Å². The van der Waals surface area contributed by atoms with E-state index in [1.807, 2.05) is 0 Å². The smallest absolute Gasteiger partial charge is 0.108 e. The fourth-order valence-corrected chi connectivity index (χ4v) is 0.284. The third-order valence-electron chi connectivity index (χ3n) is 0.540. The second kappa shape index (κ2) is 4.33. The Hall–Kier alpha value is -0.830. The Balaban J connectivity index is 0.000000490. The first-order valence-electron chi connectivity index (χ1n) is 1.95. The van der Waals surface area contributed by atoms with Crippen LogP contribution >= 0.6 is 12.4 Å². The van der Waals surface area contributed by atoms with Gasteiger partial charge in [-0.2, -0.15) is 5.10 Å². The van der Waals surface area contributed by atoms with Crippen molar-refractivity contribution in [2.45, 2.75) is 0 Å². The number of hydrazone groups is 1. The van der Waals surface area contributed by atoms with Gasteiger partial charge < -0.3 is 0 Å². The molecule has 0 saturated carbocycles. The highest BCUT2D eigenvalue weighted by Crippen LogP contribution is 1.71. The molecule has 0 bridgehead atoms. The van der Waals surface area contributed by atoms with E-state index in [0.717, 1.165) is 0 Å². The van der Waals surface area contributed by atoms with Crippen molar-refractivity contribution in [1.82, 2.24) is 5.43 Å². The van der Waals surface area contributed by atoms with Gasteiger partial charge in [-0.25, -0.2) is 4.99 Å². The van der Waals surface area contributed by atoms with Gasteiger partial charge in [0.1, 0.15) is 6.34 Å². The average molecular weight is 132 g/mol. The molecule has 44 valence electrons. The van der Waals surface area contributed by atoms with Crippen molar-refractivity contribution in [3.05, 3.63) is 12.3 Å². The van der Waals surface area contributed by atoms with Crippen LogP contribution in [0.2, 0.25) is 0 Å². The molecule has 0 amide bonds. The van der Waals surface area contributed by atoms with Crippen LogP contribution in [0.15, 0.2) is 22.4 Å². The maximum Gasteiger partial charge on any atom is 0.108 e. The van der Waals surface area contributed by atoms with E-state index in [1.165, 1.54) is 6.34 Å². The number of allylic oxidation sites excluding steroid dienone is 1. The fourth-order valence-electron chi connectivity index (χ4n) is 0.284. The van der Waals surface area contributed by atoms with E-state index in [0.29, 0.717) is 0 Å². The summed E-state index contributed by atoms with van der Waals surface area (Å²) in [6, 6.07) is 0. The molecule has 3 nitrogen and oxygen atoms in total. The van der Waals surface area contributed by atoms with Crippen molar-refractivity contribution >= 4 is 25.0 Å². The molecule has 0 radical (unpaired) electrons. The summed E-state index contributed by atoms with van der Waals surface area (Å²) >= 11 is 0. The third-order valence-corrected chi connectivity index (χ3v) is 0.540. The van der Waals surface area contributed by atoms with E-state index in [9.17, 15) is 0 Å². The summed E-state index contributed by atoms with van der Waals surface area (Å²) < 4.78 is 0. The van der Waals surface area contributed by atoms with Gasteiger partial charge in [-0.1, -0.05) is 0 Å².